The summed E-state index contributed by atoms with van der Waals surface area (Å²) in [6, 6.07) is 26.4. The van der Waals surface area contributed by atoms with Crippen molar-refractivity contribution < 1.29 is 4.79 Å². The van der Waals surface area contributed by atoms with E-state index >= 15 is 0 Å². The maximum absolute atomic E-state index is 13.8. The Morgan fingerprint density at radius 2 is 1.64 bits per heavy atom. The Morgan fingerprint density at radius 3 is 2.36 bits per heavy atom. The molecule has 0 spiro atoms. The van der Waals surface area contributed by atoms with Crippen LogP contribution in [0.25, 0.3) is 0 Å². The first kappa shape index (κ1) is 21.4. The molecule has 4 heteroatoms. The van der Waals surface area contributed by atoms with E-state index in [2.05, 4.69) is 42.6 Å². The third-order valence-corrected chi connectivity index (χ3v) is 6.82. The summed E-state index contributed by atoms with van der Waals surface area (Å²) in [4.78, 5) is 20.7. The quantitative estimate of drug-likeness (QED) is 0.481. The maximum atomic E-state index is 13.8. The molecule has 1 heterocycles. The average molecular weight is 438 g/mol. The van der Waals surface area contributed by atoms with Gasteiger partial charge in [0.05, 0.1) is 11.7 Å². The number of aryl methyl sites for hydroxylation is 1. The van der Waals surface area contributed by atoms with Crippen molar-refractivity contribution in [3.63, 3.8) is 0 Å². The zero-order valence-electron chi connectivity index (χ0n) is 19.2. The van der Waals surface area contributed by atoms with Crippen LogP contribution in [0.3, 0.4) is 0 Å². The van der Waals surface area contributed by atoms with Crippen LogP contribution in [-0.2, 0) is 0 Å². The van der Waals surface area contributed by atoms with Crippen LogP contribution in [0, 0.1) is 12.8 Å². The molecule has 1 N–H and O–H groups in total. The van der Waals surface area contributed by atoms with Gasteiger partial charge in [-0.2, -0.15) is 0 Å². The number of nitrogens with one attached hydrogen (secondary N) is 1. The summed E-state index contributed by atoms with van der Waals surface area (Å²) < 4.78 is 0. The van der Waals surface area contributed by atoms with Crippen LogP contribution < -0.4 is 5.32 Å². The lowest BCUT2D eigenvalue weighted by atomic mass is 9.89. The molecule has 1 fully saturated rings. The number of fused-ring (bicyclic) bond motifs is 1. The van der Waals surface area contributed by atoms with Crippen LogP contribution in [-0.4, -0.2) is 23.3 Å². The Hall–Kier alpha value is -3.40. The largest absolute Gasteiger partial charge is 0.337 e. The van der Waals surface area contributed by atoms with E-state index in [0.717, 1.165) is 34.5 Å². The first-order valence-electron chi connectivity index (χ1n) is 12.1. The highest BCUT2D eigenvalue weighted by Crippen LogP contribution is 2.41. The number of nitrogens with zero attached hydrogens (tertiary/aromatic N) is 2. The fraction of sp³-hybridized carbons (Fsp3) is 0.310. The van der Waals surface area contributed by atoms with Crippen molar-refractivity contribution in [1.82, 2.24) is 10.2 Å². The van der Waals surface area contributed by atoms with Crippen LogP contribution >= 0.6 is 0 Å². The van der Waals surface area contributed by atoms with Crippen molar-refractivity contribution in [2.45, 2.75) is 45.1 Å². The van der Waals surface area contributed by atoms with Crippen LogP contribution in [0.15, 0.2) is 83.9 Å². The predicted molar refractivity (Wildman–Crippen MR) is 134 cm³/mol. The zero-order valence-corrected chi connectivity index (χ0v) is 19.2. The van der Waals surface area contributed by atoms with Gasteiger partial charge >= 0.3 is 6.03 Å². The van der Waals surface area contributed by atoms with E-state index in [1.807, 2.05) is 53.4 Å². The molecule has 0 bridgehead atoms. The average Bonchev–Trinajstić information content (AvgIpc) is 2.88. The number of urea groups is 1. The van der Waals surface area contributed by atoms with Gasteiger partial charge in [-0.15, -0.1) is 0 Å². The smallest absolute Gasteiger partial charge is 0.323 e. The molecule has 1 aliphatic heterocycles. The summed E-state index contributed by atoms with van der Waals surface area (Å²) in [6.07, 6.45) is 6.24. The lowest BCUT2D eigenvalue weighted by molar-refractivity contribution is 0.209. The molecule has 0 radical (unpaired) electrons. The molecule has 5 rings (SSSR count). The van der Waals surface area contributed by atoms with Crippen molar-refractivity contribution in [1.29, 1.82) is 0 Å². The lowest BCUT2D eigenvalue weighted by Crippen LogP contribution is -2.49. The summed E-state index contributed by atoms with van der Waals surface area (Å²) >= 11 is 0. The van der Waals surface area contributed by atoms with Gasteiger partial charge in [0.1, 0.15) is 5.84 Å². The monoisotopic (exact) mass is 437 g/mol. The molecule has 2 amide bonds. The molecule has 3 aromatic carbocycles. The first-order valence-corrected chi connectivity index (χ1v) is 12.1. The van der Waals surface area contributed by atoms with Crippen LogP contribution in [0.2, 0.25) is 0 Å². The minimum atomic E-state index is -0.236. The fourth-order valence-corrected chi connectivity index (χ4v) is 5.10. The van der Waals surface area contributed by atoms with Crippen LogP contribution in [0.4, 0.5) is 10.5 Å². The van der Waals surface area contributed by atoms with E-state index in [1.54, 1.807) is 0 Å². The molecule has 4 nitrogen and oxygen atoms in total. The SMILES string of the molecule is Cc1ccc2c(c1)C(c1ccccc1)N(C(=O)NCC1CCCCC1)C(c1ccccc1)=N2. The molecular weight excluding hydrogens is 406 g/mol. The number of hydrogen-bond donors (Lipinski definition) is 1. The zero-order chi connectivity index (χ0) is 22.6. The Bertz CT molecular complexity index is 1130. The second kappa shape index (κ2) is 9.62. The normalized spacial score (nSPS) is 18.4. The van der Waals surface area contributed by atoms with E-state index in [0.29, 0.717) is 11.8 Å². The van der Waals surface area contributed by atoms with Crippen molar-refractivity contribution in [3.8, 4) is 0 Å². The van der Waals surface area contributed by atoms with Gasteiger partial charge in [0.2, 0.25) is 0 Å². The standard InChI is InChI=1S/C29H31N3O/c1-21-17-18-26-25(19-21)27(23-13-7-3-8-14-23)32(28(31-26)24-15-9-4-10-16-24)29(33)30-20-22-11-5-2-6-12-22/h3-4,7-10,13-19,22,27H,2,5-6,11-12,20H2,1H3,(H,30,33). The molecule has 33 heavy (non-hydrogen) atoms. The molecule has 1 saturated carbocycles. The second-order valence-electron chi connectivity index (χ2n) is 9.24. The minimum absolute atomic E-state index is 0.0795. The third-order valence-electron chi connectivity index (χ3n) is 6.82. The van der Waals surface area contributed by atoms with Crippen molar-refractivity contribution in [3.05, 3.63) is 101 Å². The predicted octanol–water partition coefficient (Wildman–Crippen LogP) is 6.77. The van der Waals surface area contributed by atoms with E-state index in [1.165, 1.54) is 32.1 Å². The highest BCUT2D eigenvalue weighted by Gasteiger charge is 2.36. The summed E-state index contributed by atoms with van der Waals surface area (Å²) in [5.41, 5.74) is 5.17. The van der Waals surface area contributed by atoms with Gasteiger partial charge in [0.25, 0.3) is 0 Å². The van der Waals surface area contributed by atoms with Crippen LogP contribution in [0.1, 0.15) is 60.4 Å². The lowest BCUT2D eigenvalue weighted by Gasteiger charge is -2.37. The van der Waals surface area contributed by atoms with Crippen LogP contribution in [0.5, 0.6) is 0 Å². The molecular formula is C29H31N3O. The molecule has 168 valence electrons. The highest BCUT2D eigenvalue weighted by atomic mass is 16.2. The number of hydrogen-bond acceptors (Lipinski definition) is 2. The molecule has 2 aliphatic rings. The van der Waals surface area contributed by atoms with E-state index in [9.17, 15) is 4.79 Å². The van der Waals surface area contributed by atoms with E-state index in [-0.39, 0.29) is 12.1 Å². The summed E-state index contributed by atoms with van der Waals surface area (Å²) in [5.74, 6) is 1.26. The molecule has 1 aliphatic carbocycles. The van der Waals surface area contributed by atoms with E-state index in [4.69, 9.17) is 4.99 Å². The Kier molecular flexibility index (Phi) is 6.25. The molecule has 1 unspecified atom stereocenters. The summed E-state index contributed by atoms with van der Waals surface area (Å²) in [6.45, 7) is 2.81. The van der Waals surface area contributed by atoms with Gasteiger partial charge in [-0.1, -0.05) is 97.6 Å². The number of rotatable bonds is 4. The van der Waals surface area contributed by atoms with Gasteiger partial charge in [0, 0.05) is 17.7 Å². The Morgan fingerprint density at radius 1 is 0.939 bits per heavy atom. The Labute approximate surface area is 196 Å². The number of carbonyl (C=O) groups is 1. The van der Waals surface area contributed by atoms with Gasteiger partial charge in [-0.3, -0.25) is 4.90 Å². The molecule has 0 aromatic heterocycles. The van der Waals surface area contributed by atoms with Crippen molar-refractivity contribution in [2.24, 2.45) is 10.9 Å². The summed E-state index contributed by atoms with van der Waals surface area (Å²) in [7, 11) is 0. The van der Waals surface area contributed by atoms with Crippen molar-refractivity contribution in [2.75, 3.05) is 6.54 Å². The summed E-state index contributed by atoms with van der Waals surface area (Å²) in [5, 5.41) is 3.27. The highest BCUT2D eigenvalue weighted by molar-refractivity contribution is 6.10. The number of benzene rings is 3. The van der Waals surface area contributed by atoms with Gasteiger partial charge < -0.3 is 5.32 Å². The van der Waals surface area contributed by atoms with Gasteiger partial charge in [-0.25, -0.2) is 9.79 Å². The molecule has 1 atom stereocenters. The second-order valence-corrected chi connectivity index (χ2v) is 9.24. The number of amidine groups is 1. The minimum Gasteiger partial charge on any atom is -0.337 e. The van der Waals surface area contributed by atoms with E-state index < -0.39 is 0 Å². The third kappa shape index (κ3) is 4.56. The van der Waals surface area contributed by atoms with Gasteiger partial charge in [0.15, 0.2) is 0 Å². The topological polar surface area (TPSA) is 44.7 Å². The van der Waals surface area contributed by atoms with Crippen molar-refractivity contribution >= 4 is 17.6 Å². The molecule has 0 saturated heterocycles. The fourth-order valence-electron chi connectivity index (χ4n) is 5.10. The maximum Gasteiger partial charge on any atom is 0.323 e. The Balaban J connectivity index is 1.58. The molecule has 3 aromatic rings. The number of carbonyl (C=O) groups excluding carboxylic acids is 1. The first-order chi connectivity index (χ1) is 16.2. The number of amides is 2. The number of aliphatic imine (C=N–C) groups is 1. The van der Waals surface area contributed by atoms with Gasteiger partial charge in [-0.05, 0) is 37.3 Å².